The Balaban J connectivity index is 2.29. The highest BCUT2D eigenvalue weighted by Crippen LogP contribution is 2.30. The molecule has 1 N–H and O–H groups in total. The second-order valence-corrected chi connectivity index (χ2v) is 4.94. The molecule has 0 bridgehead atoms. The largest absolute Gasteiger partial charge is 0.496 e. The van der Waals surface area contributed by atoms with Crippen molar-refractivity contribution in [2.45, 2.75) is 25.9 Å². The summed E-state index contributed by atoms with van der Waals surface area (Å²) in [5.74, 6) is 0.893. The molecule has 5 nitrogen and oxygen atoms in total. The molecule has 0 aliphatic heterocycles. The van der Waals surface area contributed by atoms with Gasteiger partial charge in [-0.3, -0.25) is 0 Å². The van der Waals surface area contributed by atoms with Crippen LogP contribution < -0.4 is 10.1 Å². The van der Waals surface area contributed by atoms with Gasteiger partial charge >= 0.3 is 0 Å². The van der Waals surface area contributed by atoms with Crippen molar-refractivity contribution in [3.63, 3.8) is 0 Å². The summed E-state index contributed by atoms with van der Waals surface area (Å²) in [6.45, 7) is 3.02. The van der Waals surface area contributed by atoms with E-state index in [-0.39, 0.29) is 6.04 Å². The van der Waals surface area contributed by atoms with Gasteiger partial charge in [-0.05, 0) is 19.5 Å². The van der Waals surface area contributed by atoms with E-state index in [0.717, 1.165) is 24.4 Å². The van der Waals surface area contributed by atoms with Gasteiger partial charge in [-0.1, -0.05) is 12.1 Å². The molecule has 0 saturated heterocycles. The highest BCUT2D eigenvalue weighted by Gasteiger charge is 2.19. The summed E-state index contributed by atoms with van der Waals surface area (Å²) in [6, 6.07) is 2.16. The molecule has 0 aliphatic rings. The third-order valence-electron chi connectivity index (χ3n) is 2.78. The topological polar surface area (TPSA) is 52.0 Å². The van der Waals surface area contributed by atoms with E-state index in [0.29, 0.717) is 0 Å². The third-order valence-corrected chi connectivity index (χ3v) is 3.76. The van der Waals surface area contributed by atoms with Gasteiger partial charge in [-0.15, -0.1) is 16.4 Å². The van der Waals surface area contributed by atoms with Gasteiger partial charge in [0.2, 0.25) is 0 Å². The molecular formula is C12H18N4OS. The van der Waals surface area contributed by atoms with Crippen LogP contribution in [0.15, 0.2) is 17.6 Å². The smallest absolute Gasteiger partial charge is 0.129 e. The van der Waals surface area contributed by atoms with E-state index in [1.807, 2.05) is 23.3 Å². The lowest BCUT2D eigenvalue weighted by Gasteiger charge is -2.15. The lowest BCUT2D eigenvalue weighted by atomic mass is 10.2. The summed E-state index contributed by atoms with van der Waals surface area (Å²) in [7, 11) is 3.63. The van der Waals surface area contributed by atoms with E-state index in [9.17, 15) is 0 Å². The van der Waals surface area contributed by atoms with Crippen molar-refractivity contribution in [2.24, 2.45) is 0 Å². The second-order valence-electron chi connectivity index (χ2n) is 3.99. The van der Waals surface area contributed by atoms with Crippen LogP contribution in [0.25, 0.3) is 0 Å². The highest BCUT2D eigenvalue weighted by atomic mass is 32.1. The van der Waals surface area contributed by atoms with Crippen LogP contribution >= 0.6 is 11.3 Å². The molecule has 0 aliphatic carbocycles. The number of thiophene rings is 1. The number of ether oxygens (including phenoxy) is 1. The lowest BCUT2D eigenvalue weighted by Crippen LogP contribution is -2.20. The summed E-state index contributed by atoms with van der Waals surface area (Å²) in [5.41, 5.74) is 1.09. The molecule has 0 aromatic carbocycles. The molecule has 1 atom stereocenters. The van der Waals surface area contributed by atoms with Crippen molar-refractivity contribution in [1.29, 1.82) is 0 Å². The normalized spacial score (nSPS) is 12.6. The molecule has 0 spiro atoms. The maximum atomic E-state index is 5.23. The summed E-state index contributed by atoms with van der Waals surface area (Å²) < 4.78 is 7.18. The van der Waals surface area contributed by atoms with Crippen molar-refractivity contribution in [1.82, 2.24) is 20.3 Å². The van der Waals surface area contributed by atoms with Gasteiger partial charge in [-0.2, -0.15) is 0 Å². The van der Waals surface area contributed by atoms with E-state index in [1.54, 1.807) is 18.4 Å². The molecule has 0 saturated carbocycles. The Labute approximate surface area is 111 Å². The summed E-state index contributed by atoms with van der Waals surface area (Å²) in [5, 5.41) is 13.5. The number of rotatable bonds is 6. The van der Waals surface area contributed by atoms with Gasteiger partial charge in [0.05, 0.1) is 25.0 Å². The van der Waals surface area contributed by atoms with Crippen LogP contribution in [0.1, 0.15) is 30.0 Å². The average Bonchev–Trinajstić information content (AvgIpc) is 3.01. The SMILES string of the molecule is CCCn1nncc1C(NC)c1cc(OC)cs1. The van der Waals surface area contributed by atoms with E-state index in [2.05, 4.69) is 28.6 Å². The van der Waals surface area contributed by atoms with E-state index >= 15 is 0 Å². The van der Waals surface area contributed by atoms with Gasteiger partial charge < -0.3 is 10.1 Å². The second kappa shape index (κ2) is 5.97. The van der Waals surface area contributed by atoms with Crippen molar-refractivity contribution in [2.75, 3.05) is 14.2 Å². The fourth-order valence-electron chi connectivity index (χ4n) is 1.90. The molecule has 0 fully saturated rings. The molecule has 2 heterocycles. The van der Waals surface area contributed by atoms with Gasteiger partial charge in [0.15, 0.2) is 0 Å². The minimum Gasteiger partial charge on any atom is -0.496 e. The Bertz CT molecular complexity index is 494. The van der Waals surface area contributed by atoms with E-state index in [1.165, 1.54) is 4.88 Å². The first-order chi connectivity index (χ1) is 8.80. The van der Waals surface area contributed by atoms with E-state index in [4.69, 9.17) is 4.74 Å². The number of aryl methyl sites for hydroxylation is 1. The van der Waals surface area contributed by atoms with E-state index < -0.39 is 0 Å². The predicted octanol–water partition coefficient (Wildman–Crippen LogP) is 2.07. The van der Waals surface area contributed by atoms with Gasteiger partial charge in [-0.25, -0.2) is 4.68 Å². The number of hydrogen-bond acceptors (Lipinski definition) is 5. The Hall–Kier alpha value is -1.40. The summed E-state index contributed by atoms with van der Waals surface area (Å²) in [4.78, 5) is 1.20. The molecule has 2 aromatic rings. The number of hydrogen-bond donors (Lipinski definition) is 1. The number of methoxy groups -OCH3 is 1. The minimum atomic E-state index is 0.112. The Morgan fingerprint density at radius 1 is 1.56 bits per heavy atom. The summed E-state index contributed by atoms with van der Waals surface area (Å²) in [6.07, 6.45) is 2.86. The van der Waals surface area contributed by atoms with Crippen molar-refractivity contribution in [3.8, 4) is 5.75 Å². The molecule has 98 valence electrons. The summed E-state index contributed by atoms with van der Waals surface area (Å²) >= 11 is 1.68. The zero-order valence-electron chi connectivity index (χ0n) is 10.9. The average molecular weight is 266 g/mol. The molecule has 2 rings (SSSR count). The fourth-order valence-corrected chi connectivity index (χ4v) is 2.88. The monoisotopic (exact) mass is 266 g/mol. The van der Waals surface area contributed by atoms with Crippen LogP contribution in [-0.4, -0.2) is 29.2 Å². The predicted molar refractivity (Wildman–Crippen MR) is 72.1 cm³/mol. The Kier molecular flexibility index (Phi) is 4.33. The molecule has 0 radical (unpaired) electrons. The van der Waals surface area contributed by atoms with Crippen LogP contribution in [0.3, 0.4) is 0 Å². The fraction of sp³-hybridized carbons (Fsp3) is 0.500. The molecule has 1 unspecified atom stereocenters. The number of nitrogens with one attached hydrogen (secondary N) is 1. The third kappa shape index (κ3) is 2.54. The Morgan fingerprint density at radius 2 is 2.39 bits per heavy atom. The first-order valence-corrected chi connectivity index (χ1v) is 6.86. The first-order valence-electron chi connectivity index (χ1n) is 5.98. The van der Waals surface area contributed by atoms with Crippen LogP contribution in [0, 0.1) is 0 Å². The standard InChI is InChI=1S/C12H18N4OS/c1-4-5-16-10(7-14-15-16)12(13-2)11-6-9(17-3)8-18-11/h6-8,12-13H,4-5H2,1-3H3. The number of aromatic nitrogens is 3. The van der Waals surface area contributed by atoms with Gasteiger partial charge in [0, 0.05) is 16.8 Å². The van der Waals surface area contributed by atoms with Crippen LogP contribution in [0.4, 0.5) is 0 Å². The first kappa shape index (κ1) is 13.0. The van der Waals surface area contributed by atoms with Crippen LogP contribution in [0.5, 0.6) is 5.75 Å². The molecule has 0 amide bonds. The molecule has 18 heavy (non-hydrogen) atoms. The van der Waals surface area contributed by atoms with Crippen molar-refractivity contribution >= 4 is 11.3 Å². The van der Waals surface area contributed by atoms with Gasteiger partial charge in [0.25, 0.3) is 0 Å². The lowest BCUT2D eigenvalue weighted by molar-refractivity contribution is 0.416. The minimum absolute atomic E-state index is 0.112. The number of nitrogens with zero attached hydrogens (tertiary/aromatic N) is 3. The van der Waals surface area contributed by atoms with Crippen LogP contribution in [0.2, 0.25) is 0 Å². The maximum absolute atomic E-state index is 5.23. The zero-order chi connectivity index (χ0) is 13.0. The Morgan fingerprint density at radius 3 is 3.00 bits per heavy atom. The molecule has 2 aromatic heterocycles. The zero-order valence-corrected chi connectivity index (χ0v) is 11.7. The quantitative estimate of drug-likeness (QED) is 0.869. The van der Waals surface area contributed by atoms with Crippen molar-refractivity contribution < 1.29 is 4.74 Å². The molecular weight excluding hydrogens is 248 g/mol. The highest BCUT2D eigenvalue weighted by molar-refractivity contribution is 7.10. The van der Waals surface area contributed by atoms with Crippen molar-refractivity contribution in [3.05, 3.63) is 28.2 Å². The van der Waals surface area contributed by atoms with Gasteiger partial charge in [0.1, 0.15) is 5.75 Å². The molecule has 6 heteroatoms. The maximum Gasteiger partial charge on any atom is 0.129 e. The van der Waals surface area contributed by atoms with Crippen LogP contribution in [-0.2, 0) is 6.54 Å².